The number of carbonyl (C=O) groups excluding carboxylic acids is 1. The molecule has 0 saturated carbocycles. The molecule has 12 heteroatoms. The van der Waals surface area contributed by atoms with Gasteiger partial charge in [-0.3, -0.25) is 18.7 Å². The first-order valence-corrected chi connectivity index (χ1v) is 13.9. The van der Waals surface area contributed by atoms with E-state index in [1.807, 2.05) is 23.3 Å². The van der Waals surface area contributed by atoms with Gasteiger partial charge in [0.25, 0.3) is 5.56 Å². The number of rotatable bonds is 4. The van der Waals surface area contributed by atoms with Crippen molar-refractivity contribution < 1.29 is 9.21 Å². The normalized spacial score (nSPS) is 20.0. The predicted octanol–water partition coefficient (Wildman–Crippen LogP) is 3.54. The Kier molecular flexibility index (Phi) is 5.69. The van der Waals surface area contributed by atoms with Gasteiger partial charge in [0, 0.05) is 56.5 Å². The van der Waals surface area contributed by atoms with Crippen molar-refractivity contribution in [1.29, 1.82) is 0 Å². The minimum Gasteiger partial charge on any atom is -0.448 e. The van der Waals surface area contributed by atoms with E-state index in [0.717, 1.165) is 33.9 Å². The average Bonchev–Trinajstić information content (AvgIpc) is 3.63. The molecule has 4 aromatic rings. The summed E-state index contributed by atoms with van der Waals surface area (Å²) in [7, 11) is 3.19. The van der Waals surface area contributed by atoms with E-state index in [2.05, 4.69) is 4.57 Å². The number of carbonyl (C=O) groups is 1. The second-order valence-corrected chi connectivity index (χ2v) is 11.9. The Hall–Kier alpha value is -2.76. The van der Waals surface area contributed by atoms with Crippen molar-refractivity contribution in [2.75, 3.05) is 13.1 Å². The predicted molar refractivity (Wildman–Crippen MR) is 141 cm³/mol. The fourth-order valence-electron chi connectivity index (χ4n) is 5.30. The maximum atomic E-state index is 13.6. The fraction of sp³-hybridized carbons (Fsp3) is 0.417. The molecule has 4 aromatic heterocycles. The zero-order valence-electron chi connectivity index (χ0n) is 20.0. The highest BCUT2D eigenvalue weighted by Crippen LogP contribution is 2.49. The molecular formula is C24H24ClN5O4S2. The maximum absolute atomic E-state index is 13.6. The van der Waals surface area contributed by atoms with Crippen LogP contribution in [0.15, 0.2) is 31.5 Å². The van der Waals surface area contributed by atoms with Gasteiger partial charge in [-0.25, -0.2) is 9.78 Å². The zero-order valence-corrected chi connectivity index (χ0v) is 22.4. The largest absolute Gasteiger partial charge is 0.448 e. The Morgan fingerprint density at radius 2 is 2.00 bits per heavy atom. The first-order valence-electron chi connectivity index (χ1n) is 11.7. The Bertz CT molecular complexity index is 1640. The number of furan rings is 1. The van der Waals surface area contributed by atoms with E-state index in [-0.39, 0.29) is 27.2 Å². The van der Waals surface area contributed by atoms with E-state index in [0.29, 0.717) is 41.9 Å². The molecule has 0 radical (unpaired) electrons. The van der Waals surface area contributed by atoms with Crippen molar-refractivity contribution in [2.45, 2.75) is 36.8 Å². The Balaban J connectivity index is 1.65. The molecule has 0 aromatic carbocycles. The number of halogens is 1. The fourth-order valence-corrected chi connectivity index (χ4v) is 7.82. The van der Waals surface area contributed by atoms with E-state index in [9.17, 15) is 14.4 Å². The number of aromatic nitrogens is 4. The summed E-state index contributed by atoms with van der Waals surface area (Å²) >= 11 is 9.32. The van der Waals surface area contributed by atoms with Gasteiger partial charge in [0.2, 0.25) is 5.91 Å². The van der Waals surface area contributed by atoms with Gasteiger partial charge >= 0.3 is 5.69 Å². The lowest BCUT2D eigenvalue weighted by Gasteiger charge is -2.33. The third-order valence-corrected chi connectivity index (χ3v) is 9.52. The van der Waals surface area contributed by atoms with Crippen molar-refractivity contribution in [2.24, 2.45) is 14.1 Å². The third kappa shape index (κ3) is 3.59. The summed E-state index contributed by atoms with van der Waals surface area (Å²) in [6.45, 7) is 3.83. The molecule has 1 amide bonds. The van der Waals surface area contributed by atoms with E-state index in [1.54, 1.807) is 24.9 Å². The van der Waals surface area contributed by atoms with E-state index in [4.69, 9.17) is 21.0 Å². The van der Waals surface area contributed by atoms with E-state index in [1.165, 1.54) is 23.0 Å². The molecule has 9 nitrogen and oxygen atoms in total. The van der Waals surface area contributed by atoms with Crippen molar-refractivity contribution >= 4 is 51.5 Å². The third-order valence-electron chi connectivity index (χ3n) is 6.94. The van der Waals surface area contributed by atoms with Crippen LogP contribution in [0.2, 0.25) is 5.22 Å². The van der Waals surface area contributed by atoms with Crippen molar-refractivity contribution in [3.8, 4) is 10.7 Å². The van der Waals surface area contributed by atoms with Crippen LogP contribution in [0.3, 0.4) is 0 Å². The summed E-state index contributed by atoms with van der Waals surface area (Å²) in [6.07, 6.45) is 1.45. The topological polar surface area (TPSA) is 95.3 Å². The van der Waals surface area contributed by atoms with Crippen molar-refractivity contribution in [3.05, 3.63) is 60.7 Å². The van der Waals surface area contributed by atoms with Crippen molar-refractivity contribution in [3.63, 3.8) is 0 Å². The minimum atomic E-state index is -0.395. The molecule has 36 heavy (non-hydrogen) atoms. The van der Waals surface area contributed by atoms with Crippen LogP contribution < -0.4 is 11.2 Å². The highest BCUT2D eigenvalue weighted by atomic mass is 35.5. The second kappa shape index (κ2) is 8.67. The summed E-state index contributed by atoms with van der Waals surface area (Å²) in [5.74, 6) is 0.807. The quantitative estimate of drug-likeness (QED) is 0.389. The number of fused-ring (bicyclic) bond motifs is 3. The summed E-state index contributed by atoms with van der Waals surface area (Å²) in [4.78, 5) is 45.7. The molecular weight excluding hydrogens is 522 g/mol. The Morgan fingerprint density at radius 3 is 2.64 bits per heavy atom. The van der Waals surface area contributed by atoms with Crippen molar-refractivity contribution in [1.82, 2.24) is 23.6 Å². The average molecular weight is 546 g/mol. The highest BCUT2D eigenvalue weighted by molar-refractivity contribution is 8.00. The van der Waals surface area contributed by atoms with Gasteiger partial charge in [0.15, 0.2) is 5.22 Å². The summed E-state index contributed by atoms with van der Waals surface area (Å²) < 4.78 is 10.7. The van der Waals surface area contributed by atoms with E-state index < -0.39 is 5.69 Å². The lowest BCUT2D eigenvalue weighted by Crippen LogP contribution is -2.37. The van der Waals surface area contributed by atoms with Crippen LogP contribution in [0.25, 0.3) is 21.6 Å². The number of thiazole rings is 1. The minimum absolute atomic E-state index is 0.0379. The first-order chi connectivity index (χ1) is 17.2. The van der Waals surface area contributed by atoms with E-state index >= 15 is 0 Å². The Labute approximate surface area is 219 Å². The first kappa shape index (κ1) is 23.6. The standard InChI is InChI=1S/C24H24ClN5O4S2/c1-12-11-35-22(26-12)19-17-18(27(2)24(33)28(3)23(17)32)20-21(14-6-7-15(25)34-14)36-13(10-30(19)20)9-29-8-4-5-16(29)31/h6-7,11,13,21H,4-5,8-10H2,1-3H3/t13-,21+/m1/s1. The number of thioether (sulfide) groups is 1. The molecule has 188 valence electrons. The van der Waals surface area contributed by atoms with Gasteiger partial charge in [0.1, 0.15) is 16.0 Å². The number of hydrogen-bond acceptors (Lipinski definition) is 7. The monoisotopic (exact) mass is 545 g/mol. The molecule has 6 heterocycles. The van der Waals surface area contributed by atoms with Crippen LogP contribution >= 0.6 is 34.7 Å². The molecule has 0 bridgehead atoms. The highest BCUT2D eigenvalue weighted by Gasteiger charge is 2.39. The molecule has 1 fully saturated rings. The second-order valence-electron chi connectivity index (χ2n) is 9.29. The van der Waals surface area contributed by atoms with Gasteiger partial charge in [-0.05, 0) is 37.1 Å². The number of hydrogen-bond donors (Lipinski definition) is 0. The van der Waals surface area contributed by atoms with Crippen LogP contribution in [0.1, 0.15) is 35.2 Å². The van der Waals surface area contributed by atoms with Gasteiger partial charge < -0.3 is 13.9 Å². The smallest absolute Gasteiger partial charge is 0.331 e. The Morgan fingerprint density at radius 1 is 1.19 bits per heavy atom. The van der Waals surface area contributed by atoms with Crippen LogP contribution in [0.5, 0.6) is 0 Å². The summed E-state index contributed by atoms with van der Waals surface area (Å²) in [6, 6.07) is 3.53. The van der Waals surface area contributed by atoms with Crippen LogP contribution in [-0.2, 0) is 25.4 Å². The molecule has 0 unspecified atom stereocenters. The molecule has 0 N–H and O–H groups in total. The molecule has 2 atom stereocenters. The van der Waals surface area contributed by atoms with Gasteiger partial charge in [-0.2, -0.15) is 0 Å². The van der Waals surface area contributed by atoms with Gasteiger partial charge in [-0.1, -0.05) is 0 Å². The molecule has 0 spiro atoms. The molecule has 2 aliphatic heterocycles. The van der Waals surface area contributed by atoms with Crippen LogP contribution in [0.4, 0.5) is 0 Å². The maximum Gasteiger partial charge on any atom is 0.331 e. The molecule has 0 aliphatic carbocycles. The van der Waals surface area contributed by atoms with Crippen LogP contribution in [-0.4, -0.2) is 47.8 Å². The van der Waals surface area contributed by atoms with Crippen LogP contribution in [0, 0.1) is 6.92 Å². The lowest BCUT2D eigenvalue weighted by molar-refractivity contribution is -0.127. The SMILES string of the molecule is Cc1csc(-c2c3c(=O)n(C)c(=O)n(C)c3c3n2C[C@@H](CN2CCCC2=O)S[C@H]3c2ccc(Cl)o2)n1. The van der Waals surface area contributed by atoms with Gasteiger partial charge in [-0.15, -0.1) is 23.1 Å². The number of likely N-dealkylation sites (tertiary alicyclic amines) is 1. The zero-order chi connectivity index (χ0) is 25.3. The lowest BCUT2D eigenvalue weighted by atomic mass is 10.2. The number of amides is 1. The summed E-state index contributed by atoms with van der Waals surface area (Å²) in [5.41, 5.74) is 2.20. The van der Waals surface area contributed by atoms with Gasteiger partial charge in [0.05, 0.1) is 22.3 Å². The molecule has 2 aliphatic rings. The summed E-state index contributed by atoms with van der Waals surface area (Å²) in [5, 5.41) is 3.11. The molecule has 1 saturated heterocycles. The molecule has 6 rings (SSSR count). The number of nitrogens with zero attached hydrogens (tertiary/aromatic N) is 5. The number of aryl methyl sites for hydroxylation is 2.